The van der Waals surface area contributed by atoms with E-state index in [9.17, 15) is 5.26 Å². The normalized spacial score (nSPS) is 13.2. The number of nitrogens with zero attached hydrogens (tertiary/aromatic N) is 3. The minimum Gasteiger partial charge on any atom is -0.490 e. The molecular formula is C21H17N3O4. The van der Waals surface area contributed by atoms with E-state index in [0.717, 1.165) is 11.1 Å². The average Bonchev–Trinajstić information content (AvgIpc) is 3.40. The van der Waals surface area contributed by atoms with Crippen LogP contribution in [0.5, 0.6) is 5.75 Å². The fourth-order valence-electron chi connectivity index (χ4n) is 2.75. The van der Waals surface area contributed by atoms with E-state index >= 15 is 0 Å². The zero-order valence-electron chi connectivity index (χ0n) is 15.3. The maximum absolute atomic E-state index is 9.38. The predicted molar refractivity (Wildman–Crippen MR) is 99.7 cm³/mol. The molecule has 0 N–H and O–H groups in total. The Kier molecular flexibility index (Phi) is 4.68. The van der Waals surface area contributed by atoms with Gasteiger partial charge in [0, 0.05) is 16.7 Å². The van der Waals surface area contributed by atoms with Gasteiger partial charge in [0.25, 0.3) is 12.2 Å². The molecule has 2 aromatic carbocycles. The van der Waals surface area contributed by atoms with E-state index in [0.29, 0.717) is 28.6 Å². The minimum atomic E-state index is -0.425. The second-order valence-corrected chi connectivity index (χ2v) is 6.41. The highest BCUT2D eigenvalue weighted by Gasteiger charge is 2.17. The molecule has 7 heteroatoms. The SMILES string of the molecule is CC(C)Oc1ccc(-c2nc(-c3ccc(C4OC=CO4)cc3)no2)cc1C#N. The van der Waals surface area contributed by atoms with Crippen LogP contribution in [-0.4, -0.2) is 16.2 Å². The van der Waals surface area contributed by atoms with E-state index in [-0.39, 0.29) is 6.10 Å². The highest BCUT2D eigenvalue weighted by atomic mass is 16.7. The van der Waals surface area contributed by atoms with Crippen molar-refractivity contribution < 1.29 is 18.7 Å². The number of hydrogen-bond donors (Lipinski definition) is 0. The fraction of sp³-hybridized carbons (Fsp3) is 0.190. The van der Waals surface area contributed by atoms with Gasteiger partial charge in [-0.3, -0.25) is 0 Å². The summed E-state index contributed by atoms with van der Waals surface area (Å²) in [5.74, 6) is 1.31. The molecule has 140 valence electrons. The standard InChI is InChI=1S/C21H17N3O4/c1-13(2)27-18-8-7-16(11-17(18)12-22)20-23-19(24-28-20)14-3-5-15(6-4-14)21-25-9-10-26-21/h3-11,13,21H,1-2H3. The zero-order valence-corrected chi connectivity index (χ0v) is 15.3. The molecular weight excluding hydrogens is 358 g/mol. The Morgan fingerprint density at radius 3 is 2.43 bits per heavy atom. The van der Waals surface area contributed by atoms with E-state index in [2.05, 4.69) is 16.2 Å². The van der Waals surface area contributed by atoms with Gasteiger partial charge in [-0.15, -0.1) is 0 Å². The Balaban J connectivity index is 1.56. The molecule has 1 aromatic heterocycles. The lowest BCUT2D eigenvalue weighted by Gasteiger charge is -2.11. The zero-order chi connectivity index (χ0) is 19.5. The van der Waals surface area contributed by atoms with Crippen LogP contribution in [-0.2, 0) is 9.47 Å². The summed E-state index contributed by atoms with van der Waals surface area (Å²) in [5.41, 5.74) is 2.75. The first-order valence-electron chi connectivity index (χ1n) is 8.75. The van der Waals surface area contributed by atoms with Gasteiger partial charge >= 0.3 is 0 Å². The summed E-state index contributed by atoms with van der Waals surface area (Å²) in [6.45, 7) is 3.82. The highest BCUT2D eigenvalue weighted by Crippen LogP contribution is 2.29. The van der Waals surface area contributed by atoms with Crippen LogP contribution in [0.1, 0.15) is 31.3 Å². The van der Waals surface area contributed by atoms with Crippen molar-refractivity contribution >= 4 is 0 Å². The molecule has 0 radical (unpaired) electrons. The molecule has 7 nitrogen and oxygen atoms in total. The summed E-state index contributed by atoms with van der Waals surface area (Å²) >= 11 is 0. The van der Waals surface area contributed by atoms with E-state index in [1.807, 2.05) is 38.1 Å². The molecule has 2 heterocycles. The third kappa shape index (κ3) is 3.53. The van der Waals surface area contributed by atoms with Gasteiger partial charge in [-0.25, -0.2) is 0 Å². The lowest BCUT2D eigenvalue weighted by Crippen LogP contribution is -2.06. The van der Waals surface area contributed by atoms with Crippen LogP contribution in [0, 0.1) is 11.3 Å². The maximum atomic E-state index is 9.38. The van der Waals surface area contributed by atoms with Crippen LogP contribution in [0.25, 0.3) is 22.8 Å². The average molecular weight is 375 g/mol. The van der Waals surface area contributed by atoms with Gasteiger partial charge in [0.1, 0.15) is 24.3 Å². The van der Waals surface area contributed by atoms with Gasteiger partial charge in [-0.2, -0.15) is 10.2 Å². The highest BCUT2D eigenvalue weighted by molar-refractivity contribution is 5.63. The largest absolute Gasteiger partial charge is 0.490 e. The van der Waals surface area contributed by atoms with Crippen molar-refractivity contribution in [2.24, 2.45) is 0 Å². The van der Waals surface area contributed by atoms with Crippen LogP contribution in [0.2, 0.25) is 0 Å². The second kappa shape index (κ2) is 7.45. The van der Waals surface area contributed by atoms with Gasteiger partial charge in [0.2, 0.25) is 5.82 Å². The summed E-state index contributed by atoms with van der Waals surface area (Å²) in [4.78, 5) is 4.44. The molecule has 4 rings (SSSR count). The number of nitriles is 1. The van der Waals surface area contributed by atoms with Crippen molar-refractivity contribution in [2.75, 3.05) is 0 Å². The van der Waals surface area contributed by atoms with E-state index in [1.165, 1.54) is 12.5 Å². The predicted octanol–water partition coefficient (Wildman–Crippen LogP) is 4.58. The van der Waals surface area contributed by atoms with Gasteiger partial charge in [0.15, 0.2) is 0 Å². The topological polar surface area (TPSA) is 90.4 Å². The van der Waals surface area contributed by atoms with Crippen molar-refractivity contribution in [3.8, 4) is 34.7 Å². The lowest BCUT2D eigenvalue weighted by molar-refractivity contribution is -0.0245. The molecule has 28 heavy (non-hydrogen) atoms. The molecule has 0 unspecified atom stereocenters. The molecule has 0 saturated heterocycles. The van der Waals surface area contributed by atoms with Crippen LogP contribution in [0.15, 0.2) is 59.5 Å². The van der Waals surface area contributed by atoms with E-state index in [4.69, 9.17) is 18.7 Å². The number of aromatic nitrogens is 2. The summed E-state index contributed by atoms with van der Waals surface area (Å²) in [6.07, 6.45) is 2.58. The smallest absolute Gasteiger partial charge is 0.266 e. The molecule has 0 aliphatic carbocycles. The first-order chi connectivity index (χ1) is 13.6. The Hall–Kier alpha value is -3.79. The number of ether oxygens (including phenoxy) is 3. The first kappa shape index (κ1) is 17.6. The molecule has 0 fully saturated rings. The third-order valence-corrected chi connectivity index (χ3v) is 4.04. The molecule has 0 atom stereocenters. The van der Waals surface area contributed by atoms with Crippen molar-refractivity contribution in [1.29, 1.82) is 5.26 Å². The summed E-state index contributed by atoms with van der Waals surface area (Å²) in [5, 5.41) is 13.4. The summed E-state index contributed by atoms with van der Waals surface area (Å²) in [6, 6.07) is 14.9. The van der Waals surface area contributed by atoms with Crippen molar-refractivity contribution in [2.45, 2.75) is 26.2 Å². The van der Waals surface area contributed by atoms with Crippen LogP contribution in [0.3, 0.4) is 0 Å². The number of benzene rings is 2. The van der Waals surface area contributed by atoms with Gasteiger partial charge in [-0.05, 0) is 32.0 Å². The minimum absolute atomic E-state index is 0.0215. The number of hydrogen-bond acceptors (Lipinski definition) is 7. The Bertz CT molecular complexity index is 1040. The third-order valence-electron chi connectivity index (χ3n) is 4.04. The molecule has 0 spiro atoms. The van der Waals surface area contributed by atoms with Gasteiger partial charge in [0.05, 0.1) is 11.7 Å². The monoisotopic (exact) mass is 375 g/mol. The van der Waals surface area contributed by atoms with Crippen LogP contribution >= 0.6 is 0 Å². The Labute approximate surface area is 161 Å². The van der Waals surface area contributed by atoms with Crippen LogP contribution in [0.4, 0.5) is 0 Å². The quantitative estimate of drug-likeness (QED) is 0.644. The molecule has 0 bridgehead atoms. The molecule has 0 amide bonds. The summed E-state index contributed by atoms with van der Waals surface area (Å²) < 4.78 is 21.7. The van der Waals surface area contributed by atoms with Crippen molar-refractivity contribution in [3.63, 3.8) is 0 Å². The second-order valence-electron chi connectivity index (χ2n) is 6.41. The fourth-order valence-corrected chi connectivity index (χ4v) is 2.75. The maximum Gasteiger partial charge on any atom is 0.266 e. The molecule has 3 aromatic rings. The van der Waals surface area contributed by atoms with Gasteiger partial charge < -0.3 is 18.7 Å². The number of rotatable bonds is 5. The summed E-state index contributed by atoms with van der Waals surface area (Å²) in [7, 11) is 0. The van der Waals surface area contributed by atoms with Crippen molar-refractivity contribution in [3.05, 3.63) is 66.1 Å². The lowest BCUT2D eigenvalue weighted by atomic mass is 10.1. The Morgan fingerprint density at radius 2 is 1.75 bits per heavy atom. The van der Waals surface area contributed by atoms with Gasteiger partial charge in [-0.1, -0.05) is 29.4 Å². The molecule has 0 saturated carbocycles. The molecule has 1 aliphatic rings. The van der Waals surface area contributed by atoms with E-state index in [1.54, 1.807) is 18.2 Å². The first-order valence-corrected chi connectivity index (χ1v) is 8.75. The van der Waals surface area contributed by atoms with Crippen molar-refractivity contribution in [1.82, 2.24) is 10.1 Å². The van der Waals surface area contributed by atoms with Crippen LogP contribution < -0.4 is 4.74 Å². The van der Waals surface area contributed by atoms with E-state index < -0.39 is 6.29 Å². The molecule has 1 aliphatic heterocycles. The Morgan fingerprint density at radius 1 is 1.04 bits per heavy atom.